The lowest BCUT2D eigenvalue weighted by atomic mass is 9.82. The van der Waals surface area contributed by atoms with Crippen molar-refractivity contribution >= 4 is 90.4 Å². The normalized spacial score (nSPS) is 12.7. The fourth-order valence-corrected chi connectivity index (χ4v) is 16.0. The number of para-hydroxylation sites is 4. The maximum absolute atomic E-state index is 14.0. The number of rotatable bonds is 16. The Kier molecular flexibility index (Phi) is 17.9. The van der Waals surface area contributed by atoms with E-state index >= 15 is 0 Å². The first-order chi connectivity index (χ1) is 53.7. The topological polar surface area (TPSA) is 38.2 Å². The predicted molar refractivity (Wildman–Crippen MR) is 457 cm³/mol. The number of carbonyl (C=O) groups excluding carboxylic acids is 1. The lowest BCUT2D eigenvalue weighted by Crippen LogP contribution is -2.31. The summed E-state index contributed by atoms with van der Waals surface area (Å²) in [6, 6.07) is 146. The molecule has 16 aromatic carbocycles. The Morgan fingerprint density at radius 3 is 1.00 bits per heavy atom. The molecule has 1 aliphatic heterocycles. The molecule has 1 saturated heterocycles. The van der Waals surface area contributed by atoms with Crippen molar-refractivity contribution in [2.45, 2.75) is 19.3 Å². The second-order valence-electron chi connectivity index (χ2n) is 28.4. The van der Waals surface area contributed by atoms with Crippen LogP contribution >= 0.6 is 0 Å². The molecule has 17 aromatic rings. The Balaban J connectivity index is 0.000000154. The van der Waals surface area contributed by atoms with Crippen LogP contribution in [-0.4, -0.2) is 23.7 Å². The van der Waals surface area contributed by atoms with Gasteiger partial charge in [-0.15, -0.1) is 0 Å². The number of hydrogen-bond acceptors (Lipinski definition) is 4. The van der Waals surface area contributed by atoms with Gasteiger partial charge in [0, 0.05) is 97.5 Å². The second-order valence-corrected chi connectivity index (χ2v) is 28.4. The van der Waals surface area contributed by atoms with Crippen LogP contribution in [0.15, 0.2) is 413 Å². The summed E-state index contributed by atoms with van der Waals surface area (Å²) in [5.74, 6) is 0. The van der Waals surface area contributed by atoms with Crippen molar-refractivity contribution in [2.24, 2.45) is 0 Å². The number of anilines is 11. The summed E-state index contributed by atoms with van der Waals surface area (Å²) in [6.07, 6.45) is 0. The maximum atomic E-state index is 14.0. The van der Waals surface area contributed by atoms with Crippen molar-refractivity contribution in [3.8, 4) is 61.3 Å². The first-order valence-electron chi connectivity index (χ1n) is 37.4. The molecule has 7 heteroatoms. The highest BCUT2D eigenvalue weighted by Gasteiger charge is 2.36. The molecule has 0 unspecified atom stereocenters. The van der Waals surface area contributed by atoms with Gasteiger partial charge < -0.3 is 19.3 Å². The molecule has 522 valence electrons. The summed E-state index contributed by atoms with van der Waals surface area (Å²) in [4.78, 5) is 24.6. The number of carbonyl (C=O) groups is 1. The van der Waals surface area contributed by atoms with Crippen LogP contribution in [0.2, 0.25) is 0 Å². The summed E-state index contributed by atoms with van der Waals surface area (Å²) < 4.78 is 2.37. The van der Waals surface area contributed by atoms with Crippen molar-refractivity contribution in [1.82, 2.24) is 4.57 Å². The molecular weight excluding hydrogens is 1330 g/mol. The molecule has 0 atom stereocenters. The molecule has 1 aromatic heterocycles. The molecule has 0 radical (unpaired) electrons. The number of benzene rings is 16. The van der Waals surface area contributed by atoms with E-state index in [0.29, 0.717) is 13.1 Å². The van der Waals surface area contributed by atoms with E-state index in [1.807, 2.05) is 34.1 Å². The number of hydrogen-bond donors (Lipinski definition) is 0. The second kappa shape index (κ2) is 29.1. The zero-order valence-electron chi connectivity index (χ0n) is 60.8. The zero-order chi connectivity index (χ0) is 73.2. The van der Waals surface area contributed by atoms with Crippen LogP contribution in [0.3, 0.4) is 0 Å². The Morgan fingerprint density at radius 1 is 0.239 bits per heavy atom. The monoisotopic (exact) mass is 1400 g/mol. The molecule has 2 heterocycles. The predicted octanol–water partition coefficient (Wildman–Crippen LogP) is 27.3. The summed E-state index contributed by atoms with van der Waals surface area (Å²) in [6.45, 7) is 5.91. The van der Waals surface area contributed by atoms with Gasteiger partial charge in [-0.25, -0.2) is 4.79 Å². The highest BCUT2D eigenvalue weighted by molar-refractivity contribution is 6.11. The summed E-state index contributed by atoms with van der Waals surface area (Å²) in [7, 11) is 0. The lowest BCUT2D eigenvalue weighted by molar-refractivity contribution is 0.256. The zero-order valence-corrected chi connectivity index (χ0v) is 60.8. The van der Waals surface area contributed by atoms with Gasteiger partial charge >= 0.3 is 6.03 Å². The maximum Gasteiger partial charge on any atom is 0.329 e. The average Bonchev–Trinajstić information content (AvgIpc) is 1.59. The van der Waals surface area contributed by atoms with Crippen molar-refractivity contribution in [1.29, 1.82) is 0 Å². The largest absolute Gasteiger partial charge is 0.329 e. The SMILES string of the molecule is CC1(C)c2ccccc2-c2ccc(N(c3ccc(-c4ccccc4)cc3)c3ccc(-c4ccc5c(c4)c4ccccc4n5-c4ccccc4)cc3)cc21.O=C1N(c2ccc(N(c3ccccc3)c3ccc(-c4ccccc4)cc3)cc2)CCN1c1ccc(N(c2ccccc2)c2ccc(-c3ccccc3)cc2)cc1. The third-order valence-electron chi connectivity index (χ3n) is 21.5. The first-order valence-corrected chi connectivity index (χ1v) is 37.4. The molecule has 7 nitrogen and oxygen atoms in total. The summed E-state index contributed by atoms with van der Waals surface area (Å²) in [5, 5.41) is 2.52. The smallest absolute Gasteiger partial charge is 0.311 e. The van der Waals surface area contributed by atoms with Crippen LogP contribution in [0, 0.1) is 0 Å². The molecule has 2 aliphatic rings. The van der Waals surface area contributed by atoms with E-state index in [1.54, 1.807) is 0 Å². The van der Waals surface area contributed by atoms with E-state index in [2.05, 4.69) is 421 Å². The fourth-order valence-electron chi connectivity index (χ4n) is 16.0. The van der Waals surface area contributed by atoms with Crippen LogP contribution in [0.1, 0.15) is 25.0 Å². The molecule has 1 fully saturated rings. The minimum absolute atomic E-state index is 0.0293. The molecule has 19 rings (SSSR count). The number of nitrogens with zero attached hydrogens (tertiary/aromatic N) is 6. The summed E-state index contributed by atoms with van der Waals surface area (Å²) >= 11 is 0. The van der Waals surface area contributed by atoms with Gasteiger partial charge in [0.15, 0.2) is 0 Å². The molecule has 109 heavy (non-hydrogen) atoms. The number of fused-ring (bicyclic) bond motifs is 6. The molecule has 1 aliphatic carbocycles. The van der Waals surface area contributed by atoms with E-state index in [4.69, 9.17) is 0 Å². The standard InChI is InChI=1S/C51H40N4O.C51H38N2/c56-51-52(43-29-33-49(34-30-43)54(45-17-9-3-10-18-45)47-25-21-41(22-26-47)39-13-5-1-6-14-39)37-38-53(51)44-31-35-50(36-32-44)55(46-19-11-4-12-20-46)48-27-23-42(24-28-48)40-15-7-2-8-16-40;1-51(2)47-19-11-9-17-43(47)44-31-30-42(34-48(44)51)52(40-26-21-36(22-27-40)35-13-5-3-6-14-35)41-28-23-37(24-29-41)38-25-32-50-46(33-38)45-18-10-12-20-49(45)53(50)39-15-7-4-8-16-39/h1-36H,37-38H2;3-34H,1-2H3. The fraction of sp³-hybridized carbons (Fsp3) is 0.0490. The Bertz CT molecular complexity index is 5860. The Hall–Kier alpha value is -14.0. The third kappa shape index (κ3) is 13.0. The van der Waals surface area contributed by atoms with E-state index in [-0.39, 0.29) is 11.4 Å². The molecule has 0 saturated carbocycles. The lowest BCUT2D eigenvalue weighted by Gasteiger charge is -2.28. The number of aromatic nitrogens is 1. The highest BCUT2D eigenvalue weighted by Crippen LogP contribution is 2.51. The quantitative estimate of drug-likeness (QED) is 0.0966. The average molecular weight is 1400 g/mol. The van der Waals surface area contributed by atoms with Crippen LogP contribution in [0.4, 0.5) is 67.4 Å². The molecule has 0 spiro atoms. The van der Waals surface area contributed by atoms with Crippen molar-refractivity contribution < 1.29 is 4.79 Å². The van der Waals surface area contributed by atoms with Crippen molar-refractivity contribution in [3.63, 3.8) is 0 Å². The number of amides is 2. The van der Waals surface area contributed by atoms with E-state index < -0.39 is 0 Å². The molecular formula is C102H78N6O. The Labute approximate surface area is 637 Å². The third-order valence-corrected chi connectivity index (χ3v) is 21.5. The van der Waals surface area contributed by atoms with Gasteiger partial charge in [-0.3, -0.25) is 9.80 Å². The van der Waals surface area contributed by atoms with Crippen molar-refractivity contribution in [3.05, 3.63) is 424 Å². The van der Waals surface area contributed by atoms with E-state index in [0.717, 1.165) is 62.6 Å². The highest BCUT2D eigenvalue weighted by atomic mass is 16.2. The van der Waals surface area contributed by atoms with Crippen LogP contribution < -0.4 is 24.5 Å². The van der Waals surface area contributed by atoms with Crippen LogP contribution in [0.25, 0.3) is 83.1 Å². The minimum atomic E-state index is -0.0864. The van der Waals surface area contributed by atoms with Gasteiger partial charge in [0.2, 0.25) is 0 Å². The van der Waals surface area contributed by atoms with Gasteiger partial charge in [0.1, 0.15) is 0 Å². The van der Waals surface area contributed by atoms with Gasteiger partial charge in [0.05, 0.1) is 11.0 Å². The van der Waals surface area contributed by atoms with Gasteiger partial charge in [-0.2, -0.15) is 0 Å². The minimum Gasteiger partial charge on any atom is -0.311 e. The van der Waals surface area contributed by atoms with E-state index in [1.165, 1.54) is 94.3 Å². The molecule has 2 amide bonds. The van der Waals surface area contributed by atoms with Crippen molar-refractivity contribution in [2.75, 3.05) is 37.6 Å². The van der Waals surface area contributed by atoms with E-state index in [9.17, 15) is 4.79 Å². The molecule has 0 N–H and O–H groups in total. The molecule has 0 bridgehead atoms. The Morgan fingerprint density at radius 2 is 0.550 bits per heavy atom. The van der Waals surface area contributed by atoms with Gasteiger partial charge in [-0.1, -0.05) is 263 Å². The van der Waals surface area contributed by atoms with Crippen LogP contribution in [0.5, 0.6) is 0 Å². The van der Waals surface area contributed by atoms with Gasteiger partial charge in [-0.05, 0) is 231 Å². The first kappa shape index (κ1) is 66.9. The summed E-state index contributed by atoms with van der Waals surface area (Å²) in [5.41, 5.74) is 29.9. The van der Waals surface area contributed by atoms with Gasteiger partial charge in [0.25, 0.3) is 0 Å². The number of urea groups is 1. The van der Waals surface area contributed by atoms with Crippen LogP contribution in [-0.2, 0) is 5.41 Å².